The second kappa shape index (κ2) is 4.59. The maximum absolute atomic E-state index is 14.1. The number of aromatic nitrogens is 1. The summed E-state index contributed by atoms with van der Waals surface area (Å²) < 4.78 is 19.4. The predicted octanol–water partition coefficient (Wildman–Crippen LogP) is 4.01. The van der Waals surface area contributed by atoms with Gasteiger partial charge in [-0.2, -0.15) is 0 Å². The molecule has 0 aliphatic rings. The highest BCUT2D eigenvalue weighted by atomic mass is 32.2. The van der Waals surface area contributed by atoms with Gasteiger partial charge in [0.1, 0.15) is 11.6 Å². The zero-order valence-corrected chi connectivity index (χ0v) is 11.0. The first-order chi connectivity index (χ1) is 9.16. The van der Waals surface area contributed by atoms with Crippen LogP contribution in [0.4, 0.5) is 10.1 Å². The first kappa shape index (κ1) is 12.0. The topological polar surface area (TPSA) is 52.0 Å². The number of hydrogen-bond donors (Lipinski definition) is 1. The summed E-state index contributed by atoms with van der Waals surface area (Å²) >= 11 is 1.30. The summed E-state index contributed by atoms with van der Waals surface area (Å²) in [5.41, 5.74) is 6.79. The molecule has 3 aromatic rings. The van der Waals surface area contributed by atoms with Crippen molar-refractivity contribution in [3.8, 4) is 0 Å². The van der Waals surface area contributed by atoms with E-state index in [4.69, 9.17) is 10.2 Å². The Hall–Kier alpha value is -2.01. The van der Waals surface area contributed by atoms with Crippen LogP contribution in [0.3, 0.4) is 0 Å². The molecule has 0 saturated heterocycles. The van der Waals surface area contributed by atoms with E-state index in [0.29, 0.717) is 16.1 Å². The lowest BCUT2D eigenvalue weighted by atomic mass is 10.2. The molecule has 0 aliphatic heterocycles. The van der Waals surface area contributed by atoms with Crippen molar-refractivity contribution in [1.82, 2.24) is 4.98 Å². The third-order valence-corrected chi connectivity index (χ3v) is 4.09. The van der Waals surface area contributed by atoms with Crippen LogP contribution in [0.1, 0.15) is 5.76 Å². The van der Waals surface area contributed by atoms with Crippen LogP contribution in [0.25, 0.3) is 10.9 Å². The molecule has 0 amide bonds. The van der Waals surface area contributed by atoms with Crippen LogP contribution in [0, 0.1) is 12.7 Å². The minimum absolute atomic E-state index is 0.366. The van der Waals surface area contributed by atoms with Gasteiger partial charge >= 0.3 is 0 Å². The number of nitrogen functional groups attached to an aromatic ring is 1. The summed E-state index contributed by atoms with van der Waals surface area (Å²) in [6.07, 6.45) is 3.22. The first-order valence-electron chi connectivity index (χ1n) is 5.71. The van der Waals surface area contributed by atoms with Gasteiger partial charge in [0.05, 0.1) is 21.6 Å². The number of pyridine rings is 1. The van der Waals surface area contributed by atoms with Crippen molar-refractivity contribution in [3.63, 3.8) is 0 Å². The van der Waals surface area contributed by atoms with Gasteiger partial charge in [0.2, 0.25) is 0 Å². The van der Waals surface area contributed by atoms with Gasteiger partial charge in [0, 0.05) is 17.3 Å². The average molecular weight is 274 g/mol. The zero-order valence-electron chi connectivity index (χ0n) is 10.2. The molecular weight excluding hydrogens is 263 g/mol. The molecule has 0 radical (unpaired) electrons. The van der Waals surface area contributed by atoms with Gasteiger partial charge in [-0.15, -0.1) is 0 Å². The third kappa shape index (κ3) is 2.06. The molecule has 2 heterocycles. The summed E-state index contributed by atoms with van der Waals surface area (Å²) in [5, 5.41) is 0.757. The molecule has 5 heteroatoms. The standard InChI is InChI=1S/C14H11FN2OS/c1-8-12(4-6-18-8)19-14-10(15)7-11(16)9-3-2-5-17-13(9)14/h2-7H,16H2,1H3. The molecule has 0 aliphatic carbocycles. The highest BCUT2D eigenvalue weighted by Gasteiger charge is 2.15. The molecule has 3 rings (SSSR count). The lowest BCUT2D eigenvalue weighted by Gasteiger charge is -2.08. The van der Waals surface area contributed by atoms with Crippen LogP contribution in [0.15, 0.2) is 50.9 Å². The summed E-state index contributed by atoms with van der Waals surface area (Å²) in [6.45, 7) is 1.84. The Balaban J connectivity index is 2.20. The van der Waals surface area contributed by atoms with Crippen molar-refractivity contribution in [3.05, 3.63) is 48.3 Å². The molecule has 0 atom stereocenters. The molecule has 1 aromatic carbocycles. The van der Waals surface area contributed by atoms with E-state index in [0.717, 1.165) is 16.0 Å². The first-order valence-corrected chi connectivity index (χ1v) is 6.53. The second-order valence-corrected chi connectivity index (χ2v) is 5.17. The summed E-state index contributed by atoms with van der Waals surface area (Å²) in [5.74, 6) is 0.389. The quantitative estimate of drug-likeness (QED) is 0.717. The number of anilines is 1. The number of aryl methyl sites for hydroxylation is 1. The fraction of sp³-hybridized carbons (Fsp3) is 0.0714. The molecule has 2 N–H and O–H groups in total. The SMILES string of the molecule is Cc1occc1Sc1c(F)cc(N)c2cccnc12. The van der Waals surface area contributed by atoms with E-state index in [1.807, 2.05) is 19.1 Å². The lowest BCUT2D eigenvalue weighted by molar-refractivity contribution is 0.527. The van der Waals surface area contributed by atoms with E-state index in [2.05, 4.69) is 4.98 Å². The maximum atomic E-state index is 14.1. The second-order valence-electron chi connectivity index (χ2n) is 4.12. The highest BCUT2D eigenvalue weighted by Crippen LogP contribution is 2.38. The molecule has 96 valence electrons. The number of nitrogens with two attached hydrogens (primary N) is 1. The molecule has 0 saturated carbocycles. The fourth-order valence-electron chi connectivity index (χ4n) is 1.90. The minimum Gasteiger partial charge on any atom is -0.468 e. The monoisotopic (exact) mass is 274 g/mol. The van der Waals surface area contributed by atoms with Gasteiger partial charge < -0.3 is 10.2 Å². The largest absolute Gasteiger partial charge is 0.468 e. The van der Waals surface area contributed by atoms with E-state index < -0.39 is 0 Å². The maximum Gasteiger partial charge on any atom is 0.141 e. The van der Waals surface area contributed by atoms with Gasteiger partial charge in [-0.3, -0.25) is 4.98 Å². The van der Waals surface area contributed by atoms with Gasteiger partial charge in [-0.1, -0.05) is 11.8 Å². The Morgan fingerprint density at radius 3 is 2.95 bits per heavy atom. The third-order valence-electron chi connectivity index (χ3n) is 2.86. The van der Waals surface area contributed by atoms with Crippen LogP contribution in [0.2, 0.25) is 0 Å². The zero-order chi connectivity index (χ0) is 13.4. The molecule has 3 nitrogen and oxygen atoms in total. The fourth-order valence-corrected chi connectivity index (χ4v) is 2.85. The normalized spacial score (nSPS) is 11.1. The lowest BCUT2D eigenvalue weighted by Crippen LogP contribution is -1.94. The van der Waals surface area contributed by atoms with Crippen LogP contribution < -0.4 is 5.73 Å². The van der Waals surface area contributed by atoms with Crippen molar-refractivity contribution in [1.29, 1.82) is 0 Å². The van der Waals surface area contributed by atoms with Gasteiger partial charge in [-0.25, -0.2) is 4.39 Å². The number of fused-ring (bicyclic) bond motifs is 1. The molecular formula is C14H11FN2OS. The predicted molar refractivity (Wildman–Crippen MR) is 73.7 cm³/mol. The Bertz CT molecular complexity index is 754. The number of benzene rings is 1. The summed E-state index contributed by atoms with van der Waals surface area (Å²) in [7, 11) is 0. The minimum atomic E-state index is -0.366. The van der Waals surface area contributed by atoms with E-state index >= 15 is 0 Å². The molecule has 0 fully saturated rings. The number of halogens is 1. The number of furan rings is 1. The molecule has 19 heavy (non-hydrogen) atoms. The Morgan fingerprint density at radius 2 is 2.21 bits per heavy atom. The van der Waals surface area contributed by atoms with Crippen LogP contribution in [0.5, 0.6) is 0 Å². The number of nitrogens with zero attached hydrogens (tertiary/aromatic N) is 1. The van der Waals surface area contributed by atoms with Crippen molar-refractivity contribution >= 4 is 28.4 Å². The van der Waals surface area contributed by atoms with E-state index in [1.54, 1.807) is 18.5 Å². The highest BCUT2D eigenvalue weighted by molar-refractivity contribution is 7.99. The van der Waals surface area contributed by atoms with Crippen molar-refractivity contribution in [2.45, 2.75) is 16.7 Å². The van der Waals surface area contributed by atoms with Gasteiger partial charge in [0.25, 0.3) is 0 Å². The van der Waals surface area contributed by atoms with Crippen LogP contribution in [-0.4, -0.2) is 4.98 Å². The van der Waals surface area contributed by atoms with E-state index in [9.17, 15) is 4.39 Å². The number of hydrogen-bond acceptors (Lipinski definition) is 4. The van der Waals surface area contributed by atoms with E-state index in [-0.39, 0.29) is 5.82 Å². The van der Waals surface area contributed by atoms with Crippen LogP contribution in [-0.2, 0) is 0 Å². The molecule has 0 bridgehead atoms. The summed E-state index contributed by atoms with van der Waals surface area (Å²) in [4.78, 5) is 5.58. The van der Waals surface area contributed by atoms with Crippen molar-refractivity contribution < 1.29 is 8.81 Å². The Labute approximate surface area is 113 Å². The van der Waals surface area contributed by atoms with Crippen LogP contribution >= 0.6 is 11.8 Å². The smallest absolute Gasteiger partial charge is 0.141 e. The Kier molecular flexibility index (Phi) is 2.91. The van der Waals surface area contributed by atoms with Crippen molar-refractivity contribution in [2.24, 2.45) is 0 Å². The van der Waals surface area contributed by atoms with Gasteiger partial charge in [0.15, 0.2) is 0 Å². The van der Waals surface area contributed by atoms with E-state index in [1.165, 1.54) is 17.8 Å². The molecule has 0 spiro atoms. The summed E-state index contributed by atoms with van der Waals surface area (Å²) in [6, 6.07) is 6.77. The van der Waals surface area contributed by atoms with Gasteiger partial charge in [-0.05, 0) is 31.2 Å². The van der Waals surface area contributed by atoms with Crippen molar-refractivity contribution in [2.75, 3.05) is 5.73 Å². The molecule has 2 aromatic heterocycles. The number of rotatable bonds is 2. The Morgan fingerprint density at radius 1 is 1.37 bits per heavy atom. The average Bonchev–Trinajstić information content (AvgIpc) is 2.80. The molecule has 0 unspecified atom stereocenters.